The zero-order valence-electron chi connectivity index (χ0n) is 11.3. The van der Waals surface area contributed by atoms with Gasteiger partial charge < -0.3 is 14.2 Å². The van der Waals surface area contributed by atoms with Crippen molar-refractivity contribution in [2.75, 3.05) is 20.8 Å². The smallest absolute Gasteiger partial charge is 0.343 e. The van der Waals surface area contributed by atoms with Crippen molar-refractivity contribution in [3.63, 3.8) is 0 Å². The van der Waals surface area contributed by atoms with Crippen molar-refractivity contribution in [2.45, 2.75) is 6.42 Å². The van der Waals surface area contributed by atoms with Crippen LogP contribution < -0.4 is 9.47 Å². The minimum absolute atomic E-state index is 0.109. The molecule has 0 aromatic heterocycles. The fraction of sp³-hybridized carbons (Fsp3) is 0.308. The molecule has 0 radical (unpaired) electrons. The van der Waals surface area contributed by atoms with E-state index in [0.717, 1.165) is 0 Å². The van der Waals surface area contributed by atoms with Crippen LogP contribution in [-0.4, -0.2) is 31.7 Å². The van der Waals surface area contributed by atoms with Gasteiger partial charge in [-0.25, -0.2) is 4.79 Å². The number of esters is 1. The molecule has 0 atom stereocenters. The Bertz CT molecular complexity index is 526. The lowest BCUT2D eigenvalue weighted by molar-refractivity contribution is -0.385. The number of rotatable bonds is 7. The molecule has 0 unspecified atom stereocenters. The Kier molecular flexibility index (Phi) is 5.52. The maximum absolute atomic E-state index is 11.0. The number of carbonyl (C=O) groups is 1. The van der Waals surface area contributed by atoms with Crippen LogP contribution in [0.4, 0.5) is 5.69 Å². The monoisotopic (exact) mass is 281 g/mol. The lowest BCUT2D eigenvalue weighted by Crippen LogP contribution is -2.13. The van der Waals surface area contributed by atoms with Crippen LogP contribution >= 0.6 is 0 Å². The molecular weight excluding hydrogens is 266 g/mol. The standard InChI is InChI=1S/C13H15NO6/c1-4-5-9-6-11(18-2)12(7-10(9)14(16)17)20-8-13(15)19-3/h4,6-7H,1,5,8H2,2-3H3. The maximum atomic E-state index is 11.0. The third-order valence-electron chi connectivity index (χ3n) is 2.50. The second-order valence-corrected chi connectivity index (χ2v) is 3.75. The molecule has 0 spiro atoms. The summed E-state index contributed by atoms with van der Waals surface area (Å²) in [5.41, 5.74) is 0.331. The Hall–Kier alpha value is -2.57. The second kappa shape index (κ2) is 7.13. The van der Waals surface area contributed by atoms with Gasteiger partial charge in [0.15, 0.2) is 18.1 Å². The minimum Gasteiger partial charge on any atom is -0.493 e. The summed E-state index contributed by atoms with van der Waals surface area (Å²) in [4.78, 5) is 21.5. The molecular formula is C13H15NO6. The fourth-order valence-electron chi connectivity index (χ4n) is 1.55. The predicted octanol–water partition coefficient (Wildman–Crippen LogP) is 1.88. The van der Waals surface area contributed by atoms with E-state index in [1.54, 1.807) is 6.08 Å². The lowest BCUT2D eigenvalue weighted by Gasteiger charge is -2.11. The number of allylic oxidation sites excluding steroid dienone is 1. The molecule has 0 saturated carbocycles. The lowest BCUT2D eigenvalue weighted by atomic mass is 10.1. The van der Waals surface area contributed by atoms with Crippen molar-refractivity contribution in [1.29, 1.82) is 0 Å². The number of benzene rings is 1. The van der Waals surface area contributed by atoms with E-state index in [4.69, 9.17) is 9.47 Å². The Morgan fingerprint density at radius 1 is 1.40 bits per heavy atom. The van der Waals surface area contributed by atoms with E-state index in [9.17, 15) is 14.9 Å². The van der Waals surface area contributed by atoms with Crippen LogP contribution in [0.1, 0.15) is 5.56 Å². The normalized spacial score (nSPS) is 9.70. The van der Waals surface area contributed by atoms with Gasteiger partial charge in [-0.1, -0.05) is 6.08 Å². The van der Waals surface area contributed by atoms with E-state index in [2.05, 4.69) is 11.3 Å². The van der Waals surface area contributed by atoms with Gasteiger partial charge in [0.05, 0.1) is 25.2 Å². The summed E-state index contributed by atoms with van der Waals surface area (Å²) >= 11 is 0. The molecule has 0 heterocycles. The molecule has 1 aromatic carbocycles. The number of hydrogen-bond acceptors (Lipinski definition) is 6. The van der Waals surface area contributed by atoms with E-state index in [1.807, 2.05) is 0 Å². The summed E-state index contributed by atoms with van der Waals surface area (Å²) in [6.45, 7) is 3.19. The summed E-state index contributed by atoms with van der Waals surface area (Å²) in [5, 5.41) is 11.0. The van der Waals surface area contributed by atoms with E-state index < -0.39 is 10.9 Å². The molecule has 0 aliphatic carbocycles. The first-order valence-electron chi connectivity index (χ1n) is 5.69. The van der Waals surface area contributed by atoms with Gasteiger partial charge in [0.25, 0.3) is 5.69 Å². The van der Waals surface area contributed by atoms with Gasteiger partial charge in [0.1, 0.15) is 0 Å². The highest BCUT2D eigenvalue weighted by molar-refractivity contribution is 5.71. The van der Waals surface area contributed by atoms with E-state index in [0.29, 0.717) is 17.7 Å². The molecule has 0 aliphatic heterocycles. The second-order valence-electron chi connectivity index (χ2n) is 3.75. The zero-order chi connectivity index (χ0) is 15.1. The van der Waals surface area contributed by atoms with Gasteiger partial charge in [-0.3, -0.25) is 10.1 Å². The molecule has 7 nitrogen and oxygen atoms in total. The van der Waals surface area contributed by atoms with Gasteiger partial charge >= 0.3 is 5.97 Å². The van der Waals surface area contributed by atoms with Gasteiger partial charge in [-0.05, 0) is 12.5 Å². The van der Waals surface area contributed by atoms with Crippen molar-refractivity contribution in [3.8, 4) is 11.5 Å². The Balaban J connectivity index is 3.15. The number of hydrogen-bond donors (Lipinski definition) is 0. The predicted molar refractivity (Wildman–Crippen MR) is 71.1 cm³/mol. The van der Waals surface area contributed by atoms with Crippen molar-refractivity contribution < 1.29 is 23.9 Å². The summed E-state index contributed by atoms with van der Waals surface area (Å²) in [6, 6.07) is 2.72. The SMILES string of the molecule is C=CCc1cc(OC)c(OCC(=O)OC)cc1[N+](=O)[O-]. The van der Waals surface area contributed by atoms with Crippen molar-refractivity contribution >= 4 is 11.7 Å². The summed E-state index contributed by atoms with van der Waals surface area (Å²) in [6.07, 6.45) is 1.88. The number of methoxy groups -OCH3 is 2. The average Bonchev–Trinajstić information content (AvgIpc) is 2.44. The third kappa shape index (κ3) is 3.71. The number of nitro benzene ring substituents is 1. The number of carbonyl (C=O) groups excluding carboxylic acids is 1. The Morgan fingerprint density at radius 2 is 2.10 bits per heavy atom. The molecule has 0 N–H and O–H groups in total. The van der Waals surface area contributed by atoms with E-state index >= 15 is 0 Å². The Morgan fingerprint density at radius 3 is 2.60 bits per heavy atom. The third-order valence-corrected chi connectivity index (χ3v) is 2.50. The van der Waals surface area contributed by atoms with Gasteiger partial charge in [-0.15, -0.1) is 6.58 Å². The first-order chi connectivity index (χ1) is 9.53. The van der Waals surface area contributed by atoms with Gasteiger partial charge in [-0.2, -0.15) is 0 Å². The topological polar surface area (TPSA) is 87.9 Å². The zero-order valence-corrected chi connectivity index (χ0v) is 11.3. The number of ether oxygens (including phenoxy) is 3. The molecule has 0 amide bonds. The highest BCUT2D eigenvalue weighted by Crippen LogP contribution is 2.35. The van der Waals surface area contributed by atoms with Gasteiger partial charge in [0.2, 0.25) is 0 Å². The molecule has 7 heteroatoms. The number of nitro groups is 1. The Labute approximate surface area is 115 Å². The molecule has 1 aromatic rings. The van der Waals surface area contributed by atoms with Gasteiger partial charge in [0, 0.05) is 5.56 Å². The maximum Gasteiger partial charge on any atom is 0.343 e. The van der Waals surface area contributed by atoms with Crippen LogP contribution in [0.3, 0.4) is 0 Å². The molecule has 0 fully saturated rings. The van der Waals surface area contributed by atoms with Crippen LogP contribution in [0, 0.1) is 10.1 Å². The molecule has 108 valence electrons. The van der Waals surface area contributed by atoms with E-state index in [1.165, 1.54) is 26.4 Å². The van der Waals surface area contributed by atoms with Crippen molar-refractivity contribution in [1.82, 2.24) is 0 Å². The van der Waals surface area contributed by atoms with Crippen LogP contribution in [0.2, 0.25) is 0 Å². The largest absolute Gasteiger partial charge is 0.493 e. The van der Waals surface area contributed by atoms with Crippen molar-refractivity contribution in [3.05, 3.63) is 40.5 Å². The molecule has 0 bridgehead atoms. The fourth-order valence-corrected chi connectivity index (χ4v) is 1.55. The molecule has 0 aliphatic rings. The highest BCUT2D eigenvalue weighted by atomic mass is 16.6. The van der Waals surface area contributed by atoms with Crippen LogP contribution in [0.15, 0.2) is 24.8 Å². The van der Waals surface area contributed by atoms with Crippen LogP contribution in [-0.2, 0) is 16.0 Å². The first-order valence-corrected chi connectivity index (χ1v) is 5.69. The highest BCUT2D eigenvalue weighted by Gasteiger charge is 2.19. The summed E-state index contributed by atoms with van der Waals surface area (Å²) in [5.74, 6) is -0.182. The van der Waals surface area contributed by atoms with Crippen LogP contribution in [0.5, 0.6) is 11.5 Å². The molecule has 1 rings (SSSR count). The van der Waals surface area contributed by atoms with Crippen molar-refractivity contribution in [2.24, 2.45) is 0 Å². The summed E-state index contributed by atoms with van der Waals surface area (Å²) < 4.78 is 14.7. The minimum atomic E-state index is -0.593. The van der Waals surface area contributed by atoms with E-state index in [-0.39, 0.29) is 18.0 Å². The van der Waals surface area contributed by atoms with Crippen LogP contribution in [0.25, 0.3) is 0 Å². The molecule has 0 saturated heterocycles. The number of nitrogens with zero attached hydrogens (tertiary/aromatic N) is 1. The average molecular weight is 281 g/mol. The first kappa shape index (κ1) is 15.5. The quantitative estimate of drug-likeness (QED) is 0.328. The molecule has 20 heavy (non-hydrogen) atoms. The summed E-state index contributed by atoms with van der Waals surface area (Å²) in [7, 11) is 2.63.